The van der Waals surface area contributed by atoms with Crippen molar-refractivity contribution in [3.63, 3.8) is 0 Å². The van der Waals surface area contributed by atoms with Gasteiger partial charge in [0.2, 0.25) is 11.8 Å². The summed E-state index contributed by atoms with van der Waals surface area (Å²) >= 11 is 3.44. The zero-order valence-electron chi connectivity index (χ0n) is 23.1. The lowest BCUT2D eigenvalue weighted by molar-refractivity contribution is -0.141. The van der Waals surface area contributed by atoms with Crippen molar-refractivity contribution in [2.75, 3.05) is 6.54 Å². The lowest BCUT2D eigenvalue weighted by Gasteiger charge is -2.32. The molecular weight excluding hydrogens is 606 g/mol. The molecule has 0 fully saturated rings. The molecule has 0 radical (unpaired) electrons. The SMILES string of the molecule is CC[C@@H](C)NC(=O)[C@@H](Cc1ccccc1)N(Cc1ccc(Br)cc1)C(=O)CCCN1C(=O)c2ccccc2S1(=O)=O. The lowest BCUT2D eigenvalue weighted by atomic mass is 10.0. The fourth-order valence-corrected chi connectivity index (χ4v) is 6.62. The number of sulfonamides is 1. The molecule has 0 spiro atoms. The number of carbonyl (C=O) groups excluding carboxylic acids is 3. The highest BCUT2D eigenvalue weighted by Crippen LogP contribution is 2.30. The van der Waals surface area contributed by atoms with Crippen molar-refractivity contribution in [2.24, 2.45) is 0 Å². The fourth-order valence-electron chi connectivity index (χ4n) is 4.75. The average Bonchev–Trinajstić information content (AvgIpc) is 3.16. The molecular formula is C31H34BrN3O5S. The van der Waals surface area contributed by atoms with Crippen molar-refractivity contribution in [1.29, 1.82) is 0 Å². The van der Waals surface area contributed by atoms with Crippen LogP contribution in [0.5, 0.6) is 0 Å². The van der Waals surface area contributed by atoms with Gasteiger partial charge in [0.25, 0.3) is 15.9 Å². The number of halogens is 1. The Labute approximate surface area is 249 Å². The van der Waals surface area contributed by atoms with Gasteiger partial charge in [-0.3, -0.25) is 14.4 Å². The van der Waals surface area contributed by atoms with Crippen LogP contribution in [0.15, 0.2) is 88.2 Å². The summed E-state index contributed by atoms with van der Waals surface area (Å²) in [7, 11) is -3.96. The van der Waals surface area contributed by atoms with E-state index in [2.05, 4.69) is 21.2 Å². The van der Waals surface area contributed by atoms with Gasteiger partial charge in [-0.2, -0.15) is 0 Å². The van der Waals surface area contributed by atoms with Crippen LogP contribution in [0.2, 0.25) is 0 Å². The van der Waals surface area contributed by atoms with E-state index in [4.69, 9.17) is 0 Å². The van der Waals surface area contributed by atoms with Crippen LogP contribution in [0.4, 0.5) is 0 Å². The predicted octanol–water partition coefficient (Wildman–Crippen LogP) is 4.93. The molecule has 1 aliphatic rings. The summed E-state index contributed by atoms with van der Waals surface area (Å²) < 4.78 is 27.6. The summed E-state index contributed by atoms with van der Waals surface area (Å²) in [4.78, 5) is 41.8. The predicted molar refractivity (Wildman–Crippen MR) is 160 cm³/mol. The van der Waals surface area contributed by atoms with Gasteiger partial charge in [0.15, 0.2) is 0 Å². The molecule has 8 nitrogen and oxygen atoms in total. The molecule has 1 N–H and O–H groups in total. The summed E-state index contributed by atoms with van der Waals surface area (Å²) in [5.74, 6) is -1.13. The summed E-state index contributed by atoms with van der Waals surface area (Å²) in [5.41, 5.74) is 1.90. The summed E-state index contributed by atoms with van der Waals surface area (Å²) in [6.45, 7) is 3.97. The van der Waals surface area contributed by atoms with Crippen molar-refractivity contribution in [2.45, 2.75) is 63.1 Å². The molecule has 2 atom stereocenters. The van der Waals surface area contributed by atoms with Crippen molar-refractivity contribution in [3.8, 4) is 0 Å². The third-order valence-electron chi connectivity index (χ3n) is 7.20. The van der Waals surface area contributed by atoms with E-state index in [9.17, 15) is 22.8 Å². The van der Waals surface area contributed by atoms with E-state index < -0.39 is 22.0 Å². The maximum Gasteiger partial charge on any atom is 0.269 e. The lowest BCUT2D eigenvalue weighted by Crippen LogP contribution is -2.52. The standard InChI is InChI=1S/C31H34BrN3O5S/c1-3-22(2)33-30(37)27(20-23-10-5-4-6-11-23)34(21-24-15-17-25(32)18-16-24)29(36)14-9-19-35-31(38)26-12-7-8-13-28(26)41(35,39)40/h4-8,10-13,15-18,22,27H,3,9,14,19-21H2,1-2H3,(H,33,37)/t22-,27-/m1/s1. The summed E-state index contributed by atoms with van der Waals surface area (Å²) in [6, 6.07) is 22.3. The minimum absolute atomic E-state index is 0.0159. The highest BCUT2D eigenvalue weighted by Gasteiger charge is 2.40. The third-order valence-corrected chi connectivity index (χ3v) is 9.57. The zero-order chi connectivity index (χ0) is 29.6. The highest BCUT2D eigenvalue weighted by atomic mass is 79.9. The molecule has 0 bridgehead atoms. The van der Waals surface area contributed by atoms with Gasteiger partial charge in [-0.15, -0.1) is 0 Å². The molecule has 1 aliphatic heterocycles. The Bertz CT molecular complexity index is 1500. The van der Waals surface area contributed by atoms with Crippen LogP contribution in [0.3, 0.4) is 0 Å². The fraction of sp³-hybridized carbons (Fsp3) is 0.323. The first kappa shape index (κ1) is 30.5. The van der Waals surface area contributed by atoms with Crippen LogP contribution >= 0.6 is 15.9 Å². The Morgan fingerprint density at radius 3 is 2.27 bits per heavy atom. The van der Waals surface area contributed by atoms with Crippen molar-refractivity contribution >= 4 is 43.7 Å². The number of hydrogen-bond acceptors (Lipinski definition) is 5. The summed E-state index contributed by atoms with van der Waals surface area (Å²) in [6.07, 6.45) is 1.15. The Balaban J connectivity index is 1.57. The largest absolute Gasteiger partial charge is 0.352 e. The molecule has 4 rings (SSSR count). The number of rotatable bonds is 12. The molecule has 216 valence electrons. The van der Waals surface area contributed by atoms with E-state index >= 15 is 0 Å². The monoisotopic (exact) mass is 639 g/mol. The number of carbonyl (C=O) groups is 3. The second-order valence-electron chi connectivity index (χ2n) is 10.2. The van der Waals surface area contributed by atoms with Gasteiger partial charge in [-0.1, -0.05) is 77.5 Å². The first-order valence-electron chi connectivity index (χ1n) is 13.7. The number of nitrogens with one attached hydrogen (secondary N) is 1. The van der Waals surface area contributed by atoms with Crippen LogP contribution in [-0.2, 0) is 32.6 Å². The maximum atomic E-state index is 13.8. The highest BCUT2D eigenvalue weighted by molar-refractivity contribution is 9.10. The molecule has 3 aromatic rings. The van der Waals surface area contributed by atoms with Crippen molar-refractivity contribution in [1.82, 2.24) is 14.5 Å². The Morgan fingerprint density at radius 2 is 1.61 bits per heavy atom. The first-order valence-corrected chi connectivity index (χ1v) is 15.9. The van der Waals surface area contributed by atoms with E-state index in [1.54, 1.807) is 17.0 Å². The van der Waals surface area contributed by atoms with Gasteiger partial charge < -0.3 is 10.2 Å². The van der Waals surface area contributed by atoms with Crippen molar-refractivity contribution < 1.29 is 22.8 Å². The molecule has 0 aromatic heterocycles. The number of fused-ring (bicyclic) bond motifs is 1. The van der Waals surface area contributed by atoms with Crippen LogP contribution < -0.4 is 5.32 Å². The van der Waals surface area contributed by atoms with E-state index in [0.717, 1.165) is 26.3 Å². The van der Waals surface area contributed by atoms with Crippen LogP contribution in [0.25, 0.3) is 0 Å². The number of hydrogen-bond donors (Lipinski definition) is 1. The minimum Gasteiger partial charge on any atom is -0.352 e. The molecule has 3 aromatic carbocycles. The number of amides is 3. The van der Waals surface area contributed by atoms with Gasteiger partial charge in [0, 0.05) is 36.4 Å². The Hall–Kier alpha value is -3.50. The quantitative estimate of drug-likeness (QED) is 0.303. The molecule has 10 heteroatoms. The van der Waals surface area contributed by atoms with Gasteiger partial charge >= 0.3 is 0 Å². The molecule has 3 amide bonds. The van der Waals surface area contributed by atoms with Crippen LogP contribution in [0, 0.1) is 0 Å². The minimum atomic E-state index is -3.96. The smallest absolute Gasteiger partial charge is 0.269 e. The first-order chi connectivity index (χ1) is 19.6. The van der Waals surface area contributed by atoms with E-state index in [-0.39, 0.29) is 54.2 Å². The molecule has 0 saturated heterocycles. The average molecular weight is 641 g/mol. The van der Waals surface area contributed by atoms with Gasteiger partial charge in [0.1, 0.15) is 10.9 Å². The maximum absolute atomic E-state index is 13.8. The van der Waals surface area contributed by atoms with Gasteiger partial charge in [0.05, 0.1) is 5.56 Å². The second kappa shape index (κ2) is 13.4. The Morgan fingerprint density at radius 1 is 0.951 bits per heavy atom. The molecule has 0 saturated carbocycles. The van der Waals surface area contributed by atoms with Crippen LogP contribution in [0.1, 0.15) is 54.6 Å². The summed E-state index contributed by atoms with van der Waals surface area (Å²) in [5, 5.41) is 3.04. The van der Waals surface area contributed by atoms with Gasteiger partial charge in [-0.25, -0.2) is 12.7 Å². The molecule has 0 unspecified atom stereocenters. The Kier molecular flexibility index (Phi) is 9.99. The second-order valence-corrected chi connectivity index (χ2v) is 12.9. The van der Waals surface area contributed by atoms with Crippen LogP contribution in [-0.4, -0.2) is 54.0 Å². The molecule has 0 aliphatic carbocycles. The van der Waals surface area contributed by atoms with E-state index in [0.29, 0.717) is 6.42 Å². The number of nitrogens with zero attached hydrogens (tertiary/aromatic N) is 2. The topological polar surface area (TPSA) is 104 Å². The van der Waals surface area contributed by atoms with E-state index in [1.165, 1.54) is 12.1 Å². The molecule has 1 heterocycles. The zero-order valence-corrected chi connectivity index (χ0v) is 25.5. The van der Waals surface area contributed by atoms with Gasteiger partial charge in [-0.05, 0) is 55.2 Å². The normalized spacial score (nSPS) is 15.2. The van der Waals surface area contributed by atoms with E-state index in [1.807, 2.05) is 68.4 Å². The number of benzene rings is 3. The third kappa shape index (κ3) is 7.23. The van der Waals surface area contributed by atoms with Crippen molar-refractivity contribution in [3.05, 3.63) is 100 Å². The molecule has 41 heavy (non-hydrogen) atoms.